The van der Waals surface area contributed by atoms with E-state index in [2.05, 4.69) is 30.9 Å². The second kappa shape index (κ2) is 32.9. The van der Waals surface area contributed by atoms with E-state index in [0.29, 0.717) is 25.7 Å². The van der Waals surface area contributed by atoms with Gasteiger partial charge in [-0.15, -0.1) is 0 Å². The van der Waals surface area contributed by atoms with Crippen molar-refractivity contribution in [3.8, 4) is 0 Å². The van der Waals surface area contributed by atoms with Crippen LogP contribution >= 0.6 is 0 Å². The standard InChI is InChI=1S/C64H82F8N12O14/c1-37(73-3)53(85)75-49(39-13-9-7-10-14-39)57(89)79-21-25-81(26-22-79)59(91)51-47(43-35-41(65)17-19-45(43)77(51)5)55(87)83(97-61(93)63(67,68)69)29-31-95-33-34-96-32-30-84(98-62(94)64(70,71)72)56(88)48-44-36-42(66)18-20-46(44)78(6)52(48)60(92)82-27-23-80(24-28-82)58(90)50(40-15-11-8-12-16-40)76-54(86)38(2)74-4/h17-20,35-40,49-50,73-74H,7-16,21-34H2,1-6H3,(H,75,85)(H,76,86)/t37-,38-,49-,50-/m0/s1. The summed E-state index contributed by atoms with van der Waals surface area (Å²) in [6.45, 7) is -1.86. The van der Waals surface area contributed by atoms with Gasteiger partial charge in [0, 0.05) is 88.3 Å². The van der Waals surface area contributed by atoms with E-state index >= 15 is 8.78 Å². The van der Waals surface area contributed by atoms with Crippen molar-refractivity contribution >= 4 is 81.0 Å². The molecular formula is C64H82F8N12O14. The number of piperazine rings is 2. The summed E-state index contributed by atoms with van der Waals surface area (Å²) in [5, 5.41) is 10.9. The highest BCUT2D eigenvalue weighted by Crippen LogP contribution is 2.34. The van der Waals surface area contributed by atoms with Gasteiger partial charge in [0.2, 0.25) is 23.6 Å². The van der Waals surface area contributed by atoms with Crippen molar-refractivity contribution < 1.29 is 102 Å². The van der Waals surface area contributed by atoms with E-state index in [1.165, 1.54) is 55.0 Å². The van der Waals surface area contributed by atoms with E-state index in [1.807, 2.05) is 0 Å². The number of likely N-dealkylation sites (N-methyl/N-ethyl adjacent to an activating group) is 2. The first-order chi connectivity index (χ1) is 46.5. The number of fused-ring (bicyclic) bond motifs is 2. The predicted molar refractivity (Wildman–Crippen MR) is 333 cm³/mol. The van der Waals surface area contributed by atoms with Gasteiger partial charge in [-0.2, -0.15) is 36.5 Å². The molecule has 4 fully saturated rings. The fourth-order valence-electron chi connectivity index (χ4n) is 12.8. The molecule has 2 aliphatic heterocycles. The van der Waals surface area contributed by atoms with Crippen molar-refractivity contribution in [2.45, 2.75) is 115 Å². The number of nitrogens with one attached hydrogen (secondary N) is 4. The maximum atomic E-state index is 15.1. The molecule has 4 aliphatic rings. The average molecular weight is 1400 g/mol. The molecule has 2 aliphatic carbocycles. The molecular weight excluding hydrogens is 1310 g/mol. The van der Waals surface area contributed by atoms with E-state index < -0.39 is 146 Å². The second-order valence-electron chi connectivity index (χ2n) is 24.7. The smallest absolute Gasteiger partial charge is 0.377 e. The third kappa shape index (κ3) is 17.7. The Balaban J connectivity index is 0.936. The van der Waals surface area contributed by atoms with Crippen LogP contribution in [-0.2, 0) is 62.0 Å². The van der Waals surface area contributed by atoms with Gasteiger partial charge in [-0.25, -0.2) is 18.4 Å². The summed E-state index contributed by atoms with van der Waals surface area (Å²) in [5.74, 6) is -14.2. The molecule has 538 valence electrons. The SMILES string of the molecule is CN[C@@H](C)C(=O)N[C@H](C(=O)N1CCN(C(=O)c2c(C(=O)N(CCOCCOCCN(OC(=O)C(F)(F)F)C(=O)c3c(C(=O)N4CCN(C(=O)[C@@H](NC(=O)[C@H](C)NC)C5CCCCC5)CC4)n(C)c4ccc(F)cc34)OC(=O)C(F)(F)F)c3cc(F)ccc3n2C)CC1)C1CCCCC1. The highest BCUT2D eigenvalue weighted by molar-refractivity contribution is 6.17. The van der Waals surface area contributed by atoms with E-state index in [1.54, 1.807) is 27.9 Å². The number of hydroxylamine groups is 4. The molecule has 2 saturated heterocycles. The van der Waals surface area contributed by atoms with Crippen LogP contribution in [0, 0.1) is 23.5 Å². The summed E-state index contributed by atoms with van der Waals surface area (Å²) in [5.41, 5.74) is -2.15. The summed E-state index contributed by atoms with van der Waals surface area (Å²) in [6, 6.07) is 3.19. The lowest BCUT2D eigenvalue weighted by atomic mass is 9.83. The molecule has 26 nitrogen and oxygen atoms in total. The van der Waals surface area contributed by atoms with Gasteiger partial charge in [0.1, 0.15) is 35.1 Å². The number of aryl methyl sites for hydroxylation is 2. The van der Waals surface area contributed by atoms with E-state index in [9.17, 15) is 74.3 Å². The number of hydrogen-bond donors (Lipinski definition) is 4. The second-order valence-corrected chi connectivity index (χ2v) is 24.7. The quantitative estimate of drug-likeness (QED) is 0.0451. The van der Waals surface area contributed by atoms with Crippen LogP contribution < -0.4 is 21.3 Å². The lowest BCUT2D eigenvalue weighted by molar-refractivity contribution is -0.230. The first-order valence-electron chi connectivity index (χ1n) is 32.5. The number of carbonyl (C=O) groups excluding carboxylic acids is 10. The van der Waals surface area contributed by atoms with Gasteiger partial charge in [0.25, 0.3) is 23.6 Å². The van der Waals surface area contributed by atoms with Crippen LogP contribution in [0.15, 0.2) is 36.4 Å². The summed E-state index contributed by atoms with van der Waals surface area (Å²) in [6.07, 6.45) is -3.16. The summed E-state index contributed by atoms with van der Waals surface area (Å²) in [4.78, 5) is 152. The molecule has 4 N–H and O–H groups in total. The number of rotatable bonds is 23. The minimum absolute atomic E-state index is 0.0307. The largest absolute Gasteiger partial charge is 0.493 e. The average Bonchev–Trinajstić information content (AvgIpc) is 1.75. The minimum atomic E-state index is -5.69. The molecule has 4 heterocycles. The van der Waals surface area contributed by atoms with Gasteiger partial charge in [0.15, 0.2) is 0 Å². The predicted octanol–water partition coefficient (Wildman–Crippen LogP) is 4.52. The fourth-order valence-corrected chi connectivity index (χ4v) is 12.8. The van der Waals surface area contributed by atoms with Gasteiger partial charge in [-0.05, 0) is 102 Å². The highest BCUT2D eigenvalue weighted by Gasteiger charge is 2.47. The molecule has 8 amide bonds. The van der Waals surface area contributed by atoms with Crippen LogP contribution in [-0.4, -0.2) is 241 Å². The van der Waals surface area contributed by atoms with Crippen LogP contribution in [0.25, 0.3) is 21.8 Å². The van der Waals surface area contributed by atoms with Crippen LogP contribution in [0.5, 0.6) is 0 Å². The van der Waals surface area contributed by atoms with Gasteiger partial charge in [0.05, 0.1) is 62.7 Å². The number of aromatic nitrogens is 2. The van der Waals surface area contributed by atoms with Crippen LogP contribution in [0.3, 0.4) is 0 Å². The maximum Gasteiger partial charge on any atom is 0.493 e. The molecule has 0 spiro atoms. The molecule has 4 aromatic rings. The number of carbonyl (C=O) groups is 10. The van der Waals surface area contributed by atoms with E-state index in [-0.39, 0.29) is 120 Å². The zero-order valence-electron chi connectivity index (χ0n) is 55.2. The summed E-state index contributed by atoms with van der Waals surface area (Å²) in [7, 11) is 5.88. The van der Waals surface area contributed by atoms with Crippen molar-refractivity contribution in [3.05, 3.63) is 70.5 Å². The number of amides is 8. The molecule has 2 aromatic carbocycles. The molecule has 4 atom stereocenters. The van der Waals surface area contributed by atoms with Gasteiger partial charge >= 0.3 is 24.3 Å². The molecule has 98 heavy (non-hydrogen) atoms. The van der Waals surface area contributed by atoms with Crippen molar-refractivity contribution in [1.29, 1.82) is 0 Å². The molecule has 0 radical (unpaired) electrons. The third-order valence-electron chi connectivity index (χ3n) is 18.5. The number of benzene rings is 2. The highest BCUT2D eigenvalue weighted by atomic mass is 19.4. The Hall–Kier alpha value is -8.50. The lowest BCUT2D eigenvalue weighted by Crippen LogP contribution is -2.59. The van der Waals surface area contributed by atoms with Crippen LogP contribution in [0.2, 0.25) is 0 Å². The lowest BCUT2D eigenvalue weighted by Gasteiger charge is -2.39. The number of nitrogens with zero attached hydrogens (tertiary/aromatic N) is 8. The van der Waals surface area contributed by atoms with Crippen molar-refractivity contribution in [1.82, 2.24) is 60.1 Å². The molecule has 8 rings (SSSR count). The van der Waals surface area contributed by atoms with Gasteiger partial charge < -0.3 is 69.1 Å². The summed E-state index contributed by atoms with van der Waals surface area (Å²) >= 11 is 0. The van der Waals surface area contributed by atoms with Crippen molar-refractivity contribution in [3.63, 3.8) is 0 Å². The van der Waals surface area contributed by atoms with Crippen molar-refractivity contribution in [2.75, 3.05) is 106 Å². The van der Waals surface area contributed by atoms with Crippen LogP contribution in [0.4, 0.5) is 35.1 Å². The molecule has 0 bridgehead atoms. The van der Waals surface area contributed by atoms with Crippen molar-refractivity contribution in [2.24, 2.45) is 25.9 Å². The van der Waals surface area contributed by atoms with E-state index in [4.69, 9.17) is 9.47 Å². The Morgan fingerprint density at radius 3 is 1.14 bits per heavy atom. The van der Waals surface area contributed by atoms with Gasteiger partial charge in [-0.1, -0.05) is 38.5 Å². The molecule has 34 heteroatoms. The Morgan fingerprint density at radius 1 is 0.500 bits per heavy atom. The Bertz CT molecular complexity index is 3360. The van der Waals surface area contributed by atoms with E-state index in [0.717, 1.165) is 62.8 Å². The molecule has 2 saturated carbocycles. The number of hydrogen-bond acceptors (Lipinski definition) is 16. The zero-order chi connectivity index (χ0) is 71.5. The normalized spacial score (nSPS) is 17.2. The minimum Gasteiger partial charge on any atom is -0.377 e. The first kappa shape index (κ1) is 75.3. The number of ether oxygens (including phenoxy) is 2. The van der Waals surface area contributed by atoms with Crippen LogP contribution in [0.1, 0.15) is 120 Å². The first-order valence-corrected chi connectivity index (χ1v) is 32.5. The van der Waals surface area contributed by atoms with Gasteiger partial charge in [-0.3, -0.25) is 38.4 Å². The molecule has 0 unspecified atom stereocenters. The molecule has 2 aromatic heterocycles. The topological polar surface area (TPSA) is 285 Å². The zero-order valence-corrected chi connectivity index (χ0v) is 55.2. The summed E-state index contributed by atoms with van der Waals surface area (Å²) < 4.78 is 127. The monoisotopic (exact) mass is 1390 g/mol. The Morgan fingerprint density at radius 2 is 0.827 bits per heavy atom. The Kier molecular flexibility index (Phi) is 25.3. The fraction of sp³-hybridized carbons (Fsp3) is 0.594. The number of alkyl halides is 6. The third-order valence-corrected chi connectivity index (χ3v) is 18.5. The Labute approximate surface area is 558 Å². The maximum absolute atomic E-state index is 15.1. The number of halogens is 8.